The molecule has 9 nitrogen and oxygen atoms in total. The number of aromatic nitrogens is 4. The zero-order valence-corrected chi connectivity index (χ0v) is 18.1. The topological polar surface area (TPSA) is 95.5 Å². The molecule has 1 fully saturated rings. The minimum absolute atomic E-state index is 0.0994. The predicted octanol–water partition coefficient (Wildman–Crippen LogP) is 2.94. The molecule has 1 saturated heterocycles. The molecule has 0 unspecified atom stereocenters. The van der Waals surface area contributed by atoms with Crippen LogP contribution < -0.4 is 4.74 Å². The molecule has 1 aromatic carbocycles. The molecule has 2 aromatic heterocycles. The maximum absolute atomic E-state index is 12.7. The second-order valence-electron chi connectivity index (χ2n) is 7.64. The lowest BCUT2D eigenvalue weighted by molar-refractivity contribution is -0.140. The quantitative estimate of drug-likeness (QED) is 0.574. The molecule has 3 heterocycles. The lowest BCUT2D eigenvalue weighted by atomic mass is 10.2. The third kappa shape index (κ3) is 4.93. The number of rotatable bonds is 7. The molecule has 0 bridgehead atoms. The molecule has 164 valence electrons. The van der Waals surface area contributed by atoms with E-state index in [4.69, 9.17) is 14.0 Å². The number of benzene rings is 1. The fourth-order valence-corrected chi connectivity index (χ4v) is 3.71. The summed E-state index contributed by atoms with van der Waals surface area (Å²) in [7, 11) is 1.61. The van der Waals surface area contributed by atoms with Crippen LogP contribution >= 0.6 is 0 Å². The van der Waals surface area contributed by atoms with Crippen molar-refractivity contribution >= 4 is 5.91 Å². The minimum Gasteiger partial charge on any atom is -0.497 e. The summed E-state index contributed by atoms with van der Waals surface area (Å²) < 4.78 is 18.4. The highest BCUT2D eigenvalue weighted by Crippen LogP contribution is 2.26. The van der Waals surface area contributed by atoms with Gasteiger partial charge in [-0.3, -0.25) is 9.48 Å². The summed E-state index contributed by atoms with van der Waals surface area (Å²) >= 11 is 0. The van der Waals surface area contributed by atoms with Gasteiger partial charge in [0, 0.05) is 30.8 Å². The lowest BCUT2D eigenvalue weighted by Gasteiger charge is -2.31. The highest BCUT2D eigenvalue weighted by molar-refractivity contribution is 5.76. The molecule has 31 heavy (non-hydrogen) atoms. The summed E-state index contributed by atoms with van der Waals surface area (Å²) in [5.74, 6) is 1.65. The number of aryl methyl sites for hydroxylation is 3. The molecule has 0 radical (unpaired) electrons. The first-order valence-corrected chi connectivity index (χ1v) is 10.4. The number of ether oxygens (including phenoxy) is 2. The number of carbonyl (C=O) groups is 1. The third-order valence-corrected chi connectivity index (χ3v) is 5.33. The molecule has 1 aliphatic rings. The van der Waals surface area contributed by atoms with Crippen LogP contribution in [0.4, 0.5) is 0 Å². The summed E-state index contributed by atoms with van der Waals surface area (Å²) in [4.78, 5) is 19.0. The van der Waals surface area contributed by atoms with Crippen molar-refractivity contribution in [2.24, 2.45) is 0 Å². The van der Waals surface area contributed by atoms with E-state index in [1.54, 1.807) is 7.11 Å². The average molecular weight is 425 g/mol. The summed E-state index contributed by atoms with van der Waals surface area (Å²) in [5, 5.41) is 8.51. The number of carbonyl (C=O) groups excluding carboxylic acids is 1. The second kappa shape index (κ2) is 9.30. The van der Waals surface area contributed by atoms with Crippen LogP contribution in [0.15, 0.2) is 34.9 Å². The molecular weight excluding hydrogens is 398 g/mol. The van der Waals surface area contributed by atoms with Crippen LogP contribution in [0.3, 0.4) is 0 Å². The Bertz CT molecular complexity index is 1040. The van der Waals surface area contributed by atoms with E-state index in [-0.39, 0.29) is 5.91 Å². The van der Waals surface area contributed by atoms with Gasteiger partial charge in [-0.2, -0.15) is 10.1 Å². The molecule has 0 spiro atoms. The first-order valence-electron chi connectivity index (χ1n) is 10.4. The van der Waals surface area contributed by atoms with Crippen LogP contribution in [0, 0.1) is 13.8 Å². The highest BCUT2D eigenvalue weighted by atomic mass is 16.5. The smallest absolute Gasteiger partial charge is 0.257 e. The monoisotopic (exact) mass is 425 g/mol. The van der Waals surface area contributed by atoms with Gasteiger partial charge in [0.1, 0.15) is 5.75 Å². The van der Waals surface area contributed by atoms with E-state index in [9.17, 15) is 4.79 Å². The van der Waals surface area contributed by atoms with Crippen LogP contribution in [0.2, 0.25) is 0 Å². The highest BCUT2D eigenvalue weighted by Gasteiger charge is 2.29. The Balaban J connectivity index is 1.34. The third-order valence-electron chi connectivity index (χ3n) is 5.33. The molecule has 9 heteroatoms. The molecular formula is C22H27N5O4. The Hall–Kier alpha value is -3.20. The maximum atomic E-state index is 12.7. The molecule has 3 aromatic rings. The normalized spacial score (nSPS) is 16.5. The van der Waals surface area contributed by atoms with Crippen molar-refractivity contribution in [1.29, 1.82) is 0 Å². The van der Waals surface area contributed by atoms with Crippen molar-refractivity contribution in [2.75, 3.05) is 26.8 Å². The molecule has 0 aliphatic carbocycles. The zero-order valence-electron chi connectivity index (χ0n) is 18.1. The second-order valence-corrected chi connectivity index (χ2v) is 7.64. The number of amides is 1. The van der Waals surface area contributed by atoms with Crippen molar-refractivity contribution in [3.63, 3.8) is 0 Å². The van der Waals surface area contributed by atoms with Crippen LogP contribution in [-0.4, -0.2) is 57.5 Å². The van der Waals surface area contributed by atoms with Crippen LogP contribution in [0.25, 0.3) is 11.4 Å². The summed E-state index contributed by atoms with van der Waals surface area (Å²) in [6.45, 7) is 6.13. The van der Waals surface area contributed by atoms with Crippen molar-refractivity contribution in [3.8, 4) is 17.1 Å². The first-order chi connectivity index (χ1) is 15.0. The first kappa shape index (κ1) is 21.0. The van der Waals surface area contributed by atoms with Crippen LogP contribution in [-0.2, 0) is 16.1 Å². The molecule has 1 amide bonds. The van der Waals surface area contributed by atoms with E-state index in [0.29, 0.717) is 37.8 Å². The van der Waals surface area contributed by atoms with Crippen LogP contribution in [0.1, 0.15) is 36.2 Å². The predicted molar refractivity (Wildman–Crippen MR) is 112 cm³/mol. The van der Waals surface area contributed by atoms with Gasteiger partial charge in [0.15, 0.2) is 6.10 Å². The maximum Gasteiger partial charge on any atom is 0.257 e. The Kier molecular flexibility index (Phi) is 6.31. The SMILES string of the molecule is COc1cccc(-c2noc([C@H]3CN(C(=O)CCCn4nc(C)cc4C)CCO3)n2)c1. The summed E-state index contributed by atoms with van der Waals surface area (Å²) in [6.07, 6.45) is 0.772. The van der Waals surface area contributed by atoms with Crippen LogP contribution in [0.5, 0.6) is 5.75 Å². The fourth-order valence-electron chi connectivity index (χ4n) is 3.71. The average Bonchev–Trinajstić information content (AvgIpc) is 3.40. The van der Waals surface area contributed by atoms with E-state index in [1.807, 2.05) is 53.8 Å². The molecule has 0 saturated carbocycles. The van der Waals surface area contributed by atoms with Gasteiger partial charge in [0.05, 0.1) is 26.0 Å². The number of methoxy groups -OCH3 is 1. The largest absolute Gasteiger partial charge is 0.497 e. The summed E-state index contributed by atoms with van der Waals surface area (Å²) in [5.41, 5.74) is 2.90. The number of nitrogens with zero attached hydrogens (tertiary/aromatic N) is 5. The number of hydrogen-bond acceptors (Lipinski definition) is 7. The molecule has 0 N–H and O–H groups in total. The lowest BCUT2D eigenvalue weighted by Crippen LogP contribution is -2.42. The van der Waals surface area contributed by atoms with Gasteiger partial charge in [-0.15, -0.1) is 0 Å². The fraction of sp³-hybridized carbons (Fsp3) is 0.455. The molecule has 1 atom stereocenters. The standard InChI is InChI=1S/C22H27N5O4/c1-15-12-16(2)27(24-15)9-5-8-20(28)26-10-11-30-19(14-26)22-23-21(25-31-22)17-6-4-7-18(13-17)29-3/h4,6-7,12-13,19H,5,8-11,14H2,1-3H3/t19-/m1/s1. The summed E-state index contributed by atoms with van der Waals surface area (Å²) in [6, 6.07) is 9.49. The van der Waals surface area contributed by atoms with Crippen molar-refractivity contribution in [1.82, 2.24) is 24.8 Å². The molecule has 1 aliphatic heterocycles. The van der Waals surface area contributed by atoms with E-state index >= 15 is 0 Å². The van der Waals surface area contributed by atoms with E-state index in [2.05, 4.69) is 15.2 Å². The zero-order chi connectivity index (χ0) is 21.8. The van der Waals surface area contributed by atoms with Gasteiger partial charge in [0.2, 0.25) is 11.7 Å². The van der Waals surface area contributed by atoms with Crippen molar-refractivity contribution < 1.29 is 18.8 Å². The Morgan fingerprint density at radius 2 is 2.16 bits per heavy atom. The minimum atomic E-state index is -0.430. The van der Waals surface area contributed by atoms with Gasteiger partial charge in [-0.05, 0) is 38.5 Å². The Morgan fingerprint density at radius 1 is 1.29 bits per heavy atom. The van der Waals surface area contributed by atoms with Gasteiger partial charge < -0.3 is 18.9 Å². The van der Waals surface area contributed by atoms with Crippen molar-refractivity contribution in [3.05, 3.63) is 47.6 Å². The molecule has 4 rings (SSSR count). The Morgan fingerprint density at radius 3 is 2.94 bits per heavy atom. The van der Waals surface area contributed by atoms with Gasteiger partial charge in [0.25, 0.3) is 5.89 Å². The Labute approximate surface area is 180 Å². The number of hydrogen-bond donors (Lipinski definition) is 0. The van der Waals surface area contributed by atoms with Gasteiger partial charge >= 0.3 is 0 Å². The van der Waals surface area contributed by atoms with Crippen molar-refractivity contribution in [2.45, 2.75) is 39.3 Å². The van der Waals surface area contributed by atoms with Gasteiger partial charge in [-0.1, -0.05) is 17.3 Å². The van der Waals surface area contributed by atoms with E-state index in [1.165, 1.54) is 0 Å². The number of morpholine rings is 1. The van der Waals surface area contributed by atoms with Gasteiger partial charge in [-0.25, -0.2) is 0 Å². The van der Waals surface area contributed by atoms with E-state index in [0.717, 1.165) is 35.7 Å². The van der Waals surface area contributed by atoms with E-state index < -0.39 is 6.10 Å².